The summed E-state index contributed by atoms with van der Waals surface area (Å²) in [5.41, 5.74) is 7.18. The molecule has 1 amide bonds. The van der Waals surface area contributed by atoms with Crippen molar-refractivity contribution in [1.29, 1.82) is 0 Å². The molecule has 7 nitrogen and oxygen atoms in total. The van der Waals surface area contributed by atoms with Crippen LogP contribution in [0.3, 0.4) is 0 Å². The zero-order chi connectivity index (χ0) is 16.2. The molecule has 2 atom stereocenters. The third-order valence-corrected chi connectivity index (χ3v) is 4.10. The zero-order valence-corrected chi connectivity index (χ0v) is 13.4. The molecular weight excluding hydrogens is 292 g/mol. The van der Waals surface area contributed by atoms with Gasteiger partial charge in [0, 0.05) is 36.7 Å². The van der Waals surface area contributed by atoms with Gasteiger partial charge in [0.25, 0.3) is 0 Å². The average Bonchev–Trinajstić information content (AvgIpc) is 3.24. The molecule has 0 aromatic carbocycles. The van der Waals surface area contributed by atoms with Gasteiger partial charge in [-0.25, -0.2) is 15.1 Å². The minimum absolute atomic E-state index is 0.00378. The molecule has 3 heterocycles. The lowest BCUT2D eigenvalue weighted by atomic mass is 9.99. The molecule has 0 radical (unpaired) electrons. The number of pyridine rings is 1. The Balaban J connectivity index is 1.62. The Kier molecular flexibility index (Phi) is 4.68. The number of rotatable bonds is 5. The number of hydrazine groups is 1. The second-order valence-corrected chi connectivity index (χ2v) is 6.08. The van der Waals surface area contributed by atoms with E-state index in [4.69, 9.17) is 0 Å². The average molecular weight is 314 g/mol. The fourth-order valence-corrected chi connectivity index (χ4v) is 2.67. The summed E-state index contributed by atoms with van der Waals surface area (Å²) in [7, 11) is 0. The first kappa shape index (κ1) is 15.6. The third-order valence-electron chi connectivity index (χ3n) is 4.10. The highest BCUT2D eigenvalue weighted by Crippen LogP contribution is 2.14. The maximum atomic E-state index is 12.3. The minimum atomic E-state index is -0.202. The second kappa shape index (κ2) is 6.89. The fraction of sp³-hybridized carbons (Fsp3) is 0.438. The van der Waals surface area contributed by atoms with Gasteiger partial charge in [-0.2, -0.15) is 5.10 Å². The zero-order valence-electron chi connectivity index (χ0n) is 13.4. The molecule has 0 saturated carbocycles. The monoisotopic (exact) mass is 314 g/mol. The molecule has 7 heteroatoms. The molecule has 2 aromatic rings. The van der Waals surface area contributed by atoms with Crippen LogP contribution in [0.2, 0.25) is 0 Å². The lowest BCUT2D eigenvalue weighted by Gasteiger charge is -2.13. The molecule has 1 fully saturated rings. The standard InChI is InChI=1S/C16H22N6O/c1-11(2)13-9-14(21-20-13)16(23)18-10-12-5-3-6-17-15(12)22-8-4-7-19-22/h3-8,11,13-14,20-21H,9-10H2,1-2H3,(H,18,23). The van der Waals surface area contributed by atoms with E-state index in [0.29, 0.717) is 18.5 Å². The van der Waals surface area contributed by atoms with Crippen LogP contribution in [0.5, 0.6) is 0 Å². The lowest BCUT2D eigenvalue weighted by Crippen LogP contribution is -2.43. The van der Waals surface area contributed by atoms with Gasteiger partial charge in [0.05, 0.1) is 0 Å². The van der Waals surface area contributed by atoms with E-state index < -0.39 is 0 Å². The topological polar surface area (TPSA) is 83.9 Å². The van der Waals surface area contributed by atoms with Gasteiger partial charge in [-0.1, -0.05) is 19.9 Å². The number of carbonyl (C=O) groups excluding carboxylic acids is 1. The molecule has 0 aliphatic carbocycles. The van der Waals surface area contributed by atoms with E-state index in [1.807, 2.05) is 24.4 Å². The van der Waals surface area contributed by atoms with E-state index in [-0.39, 0.29) is 11.9 Å². The number of hydrogen-bond donors (Lipinski definition) is 3. The molecule has 2 aromatic heterocycles. The van der Waals surface area contributed by atoms with Crippen LogP contribution in [0, 0.1) is 5.92 Å². The van der Waals surface area contributed by atoms with Gasteiger partial charge in [-0.15, -0.1) is 0 Å². The number of nitrogens with one attached hydrogen (secondary N) is 3. The molecule has 1 aliphatic rings. The first-order valence-electron chi connectivity index (χ1n) is 7.88. The van der Waals surface area contributed by atoms with E-state index in [1.54, 1.807) is 17.1 Å². The SMILES string of the molecule is CC(C)C1CC(C(=O)NCc2cccnc2-n2cccn2)NN1. The molecule has 3 rings (SSSR count). The largest absolute Gasteiger partial charge is 0.350 e. The number of hydrogen-bond acceptors (Lipinski definition) is 5. The van der Waals surface area contributed by atoms with Crippen molar-refractivity contribution in [3.63, 3.8) is 0 Å². The summed E-state index contributed by atoms with van der Waals surface area (Å²) >= 11 is 0. The highest BCUT2D eigenvalue weighted by atomic mass is 16.2. The van der Waals surface area contributed by atoms with Crippen molar-refractivity contribution in [2.45, 2.75) is 38.9 Å². The molecule has 0 bridgehead atoms. The van der Waals surface area contributed by atoms with Gasteiger partial charge in [-0.05, 0) is 24.5 Å². The minimum Gasteiger partial charge on any atom is -0.350 e. The highest BCUT2D eigenvalue weighted by Gasteiger charge is 2.30. The number of aromatic nitrogens is 3. The number of amides is 1. The molecular formula is C16H22N6O. The van der Waals surface area contributed by atoms with Crippen LogP contribution < -0.4 is 16.2 Å². The Morgan fingerprint density at radius 1 is 1.39 bits per heavy atom. The Bertz CT molecular complexity index is 654. The summed E-state index contributed by atoms with van der Waals surface area (Å²) in [6.45, 7) is 4.71. The highest BCUT2D eigenvalue weighted by molar-refractivity contribution is 5.82. The first-order chi connectivity index (χ1) is 11.1. The Labute approximate surface area is 135 Å². The van der Waals surface area contributed by atoms with Gasteiger partial charge in [0.15, 0.2) is 5.82 Å². The van der Waals surface area contributed by atoms with Crippen LogP contribution in [0.15, 0.2) is 36.8 Å². The van der Waals surface area contributed by atoms with Crippen LogP contribution in [0.4, 0.5) is 0 Å². The Morgan fingerprint density at radius 2 is 2.26 bits per heavy atom. The van der Waals surface area contributed by atoms with Crippen molar-refractivity contribution >= 4 is 5.91 Å². The summed E-state index contributed by atoms with van der Waals surface area (Å²) in [6.07, 6.45) is 6.06. The van der Waals surface area contributed by atoms with Crippen molar-refractivity contribution in [3.05, 3.63) is 42.4 Å². The third kappa shape index (κ3) is 3.57. The summed E-state index contributed by atoms with van der Waals surface area (Å²) in [5, 5.41) is 7.18. The predicted molar refractivity (Wildman–Crippen MR) is 86.5 cm³/mol. The van der Waals surface area contributed by atoms with Crippen LogP contribution >= 0.6 is 0 Å². The van der Waals surface area contributed by atoms with Crippen LogP contribution in [0.1, 0.15) is 25.8 Å². The predicted octanol–water partition coefficient (Wildman–Crippen LogP) is 0.775. The maximum Gasteiger partial charge on any atom is 0.238 e. The number of carbonyl (C=O) groups is 1. The Hall–Kier alpha value is -2.25. The van der Waals surface area contributed by atoms with Gasteiger partial charge >= 0.3 is 0 Å². The van der Waals surface area contributed by atoms with Crippen LogP contribution in [-0.4, -0.2) is 32.8 Å². The van der Waals surface area contributed by atoms with Crippen molar-refractivity contribution in [2.24, 2.45) is 5.92 Å². The molecule has 0 spiro atoms. The van der Waals surface area contributed by atoms with Gasteiger partial charge in [0.2, 0.25) is 5.91 Å². The van der Waals surface area contributed by atoms with Gasteiger partial charge in [-0.3, -0.25) is 10.2 Å². The van der Waals surface area contributed by atoms with E-state index in [1.165, 1.54) is 0 Å². The molecule has 1 saturated heterocycles. The molecule has 3 N–H and O–H groups in total. The second-order valence-electron chi connectivity index (χ2n) is 6.08. The number of nitrogens with zero attached hydrogens (tertiary/aromatic N) is 3. The van der Waals surface area contributed by atoms with Gasteiger partial charge in [0.1, 0.15) is 6.04 Å². The molecule has 2 unspecified atom stereocenters. The molecule has 1 aliphatic heterocycles. The Morgan fingerprint density at radius 3 is 2.96 bits per heavy atom. The first-order valence-corrected chi connectivity index (χ1v) is 7.88. The maximum absolute atomic E-state index is 12.3. The summed E-state index contributed by atoms with van der Waals surface area (Å²) in [5.74, 6) is 1.22. The normalized spacial score (nSPS) is 20.8. The quantitative estimate of drug-likeness (QED) is 0.759. The summed E-state index contributed by atoms with van der Waals surface area (Å²) < 4.78 is 1.70. The van der Waals surface area contributed by atoms with Crippen molar-refractivity contribution < 1.29 is 4.79 Å². The van der Waals surface area contributed by atoms with E-state index in [9.17, 15) is 4.79 Å². The van der Waals surface area contributed by atoms with Crippen molar-refractivity contribution in [1.82, 2.24) is 30.9 Å². The van der Waals surface area contributed by atoms with Crippen molar-refractivity contribution in [2.75, 3.05) is 0 Å². The summed E-state index contributed by atoms with van der Waals surface area (Å²) in [4.78, 5) is 16.7. The van der Waals surface area contributed by atoms with Gasteiger partial charge < -0.3 is 5.32 Å². The lowest BCUT2D eigenvalue weighted by molar-refractivity contribution is -0.123. The van der Waals surface area contributed by atoms with Crippen molar-refractivity contribution in [3.8, 4) is 5.82 Å². The van der Waals surface area contributed by atoms with Crippen LogP contribution in [0.25, 0.3) is 5.82 Å². The smallest absolute Gasteiger partial charge is 0.238 e. The van der Waals surface area contributed by atoms with E-state index in [2.05, 4.69) is 40.1 Å². The van der Waals surface area contributed by atoms with Crippen LogP contribution in [-0.2, 0) is 11.3 Å². The fourth-order valence-electron chi connectivity index (χ4n) is 2.67. The van der Waals surface area contributed by atoms with E-state index >= 15 is 0 Å². The van der Waals surface area contributed by atoms with E-state index in [0.717, 1.165) is 17.8 Å². The molecule has 23 heavy (non-hydrogen) atoms. The summed E-state index contributed by atoms with van der Waals surface area (Å²) in [6, 6.07) is 5.77. The molecule has 122 valence electrons.